The number of nitrogens with two attached hydrogens (primary N) is 1. The number of nitrogens with one attached hydrogen (secondary N) is 1. The number of benzene rings is 1. The van der Waals surface area contributed by atoms with Crippen molar-refractivity contribution >= 4 is 11.7 Å². The minimum Gasteiger partial charge on any atom is -0.350 e. The van der Waals surface area contributed by atoms with Crippen molar-refractivity contribution in [3.05, 3.63) is 35.4 Å². The zero-order valence-corrected chi connectivity index (χ0v) is 10.2. The zero-order chi connectivity index (χ0) is 12.5. The van der Waals surface area contributed by atoms with Gasteiger partial charge in [-0.2, -0.15) is 5.10 Å². The lowest BCUT2D eigenvalue weighted by Crippen LogP contribution is -2.31. The highest BCUT2D eigenvalue weighted by Crippen LogP contribution is 2.36. The summed E-state index contributed by atoms with van der Waals surface area (Å²) in [6.45, 7) is 4.45. The molecule has 17 heavy (non-hydrogen) atoms. The summed E-state index contributed by atoms with van der Waals surface area (Å²) in [6.07, 6.45) is 1.87. The van der Waals surface area contributed by atoms with Crippen LogP contribution in [0.3, 0.4) is 0 Å². The van der Waals surface area contributed by atoms with Crippen molar-refractivity contribution in [2.24, 2.45) is 10.8 Å². The van der Waals surface area contributed by atoms with Crippen LogP contribution in [0.2, 0.25) is 0 Å². The number of carbonyl (C=O) groups excluding carboxylic acids is 1. The molecule has 0 saturated carbocycles. The Labute approximate surface area is 101 Å². The molecule has 0 unspecified atom stereocenters. The van der Waals surface area contributed by atoms with Gasteiger partial charge in [0.25, 0.3) is 0 Å². The number of hydrazone groups is 1. The van der Waals surface area contributed by atoms with E-state index in [1.54, 1.807) is 0 Å². The van der Waals surface area contributed by atoms with Gasteiger partial charge in [-0.05, 0) is 23.8 Å². The summed E-state index contributed by atoms with van der Waals surface area (Å²) < 4.78 is 0. The van der Waals surface area contributed by atoms with Gasteiger partial charge in [0.15, 0.2) is 0 Å². The van der Waals surface area contributed by atoms with Crippen molar-refractivity contribution in [1.82, 2.24) is 5.43 Å². The molecule has 2 amide bonds. The van der Waals surface area contributed by atoms with Gasteiger partial charge in [-0.1, -0.05) is 38.1 Å². The molecule has 1 aliphatic carbocycles. The van der Waals surface area contributed by atoms with E-state index in [2.05, 4.69) is 30.4 Å². The molecule has 4 heteroatoms. The van der Waals surface area contributed by atoms with Crippen LogP contribution in [0.4, 0.5) is 4.79 Å². The molecule has 1 aromatic carbocycles. The van der Waals surface area contributed by atoms with Crippen LogP contribution in [-0.4, -0.2) is 11.7 Å². The molecule has 1 aromatic rings. The monoisotopic (exact) mass is 231 g/mol. The van der Waals surface area contributed by atoms with Crippen LogP contribution < -0.4 is 11.2 Å². The average molecular weight is 231 g/mol. The number of hydrogen-bond donors (Lipinski definition) is 2. The van der Waals surface area contributed by atoms with Crippen LogP contribution in [0.25, 0.3) is 0 Å². The number of primary amides is 1. The first-order chi connectivity index (χ1) is 8.00. The molecule has 1 aliphatic rings. The first-order valence-corrected chi connectivity index (χ1v) is 5.72. The van der Waals surface area contributed by atoms with E-state index in [0.29, 0.717) is 0 Å². The van der Waals surface area contributed by atoms with Crippen LogP contribution in [0, 0.1) is 0 Å². The van der Waals surface area contributed by atoms with E-state index < -0.39 is 6.03 Å². The number of rotatable bonds is 1. The van der Waals surface area contributed by atoms with Crippen molar-refractivity contribution < 1.29 is 4.79 Å². The lowest BCUT2D eigenvalue weighted by Gasteiger charge is -2.33. The second-order valence-electron chi connectivity index (χ2n) is 4.96. The number of amides is 2. The summed E-state index contributed by atoms with van der Waals surface area (Å²) >= 11 is 0. The fraction of sp³-hybridized carbons (Fsp3) is 0.385. The lowest BCUT2D eigenvalue weighted by molar-refractivity contribution is 0.249. The van der Waals surface area contributed by atoms with Crippen LogP contribution >= 0.6 is 0 Å². The summed E-state index contributed by atoms with van der Waals surface area (Å²) in [5.41, 5.74) is 10.8. The summed E-state index contributed by atoms with van der Waals surface area (Å²) in [4.78, 5) is 10.7. The van der Waals surface area contributed by atoms with Gasteiger partial charge in [0, 0.05) is 5.56 Å². The largest absolute Gasteiger partial charge is 0.350 e. The summed E-state index contributed by atoms with van der Waals surface area (Å²) in [6, 6.07) is 7.55. The van der Waals surface area contributed by atoms with Gasteiger partial charge in [0.1, 0.15) is 0 Å². The topological polar surface area (TPSA) is 67.5 Å². The predicted molar refractivity (Wildman–Crippen MR) is 68.0 cm³/mol. The second kappa shape index (κ2) is 4.20. The summed E-state index contributed by atoms with van der Waals surface area (Å²) in [5, 5.41) is 4.08. The van der Waals surface area contributed by atoms with Gasteiger partial charge in [0.2, 0.25) is 0 Å². The minimum atomic E-state index is -0.625. The Kier molecular flexibility index (Phi) is 2.88. The molecule has 0 radical (unpaired) electrons. The van der Waals surface area contributed by atoms with Crippen molar-refractivity contribution in [3.8, 4) is 0 Å². The molecule has 0 spiro atoms. The van der Waals surface area contributed by atoms with Crippen molar-refractivity contribution in [3.63, 3.8) is 0 Å². The van der Waals surface area contributed by atoms with E-state index in [-0.39, 0.29) is 5.41 Å². The molecule has 0 bridgehead atoms. The molecule has 0 heterocycles. The molecule has 0 atom stereocenters. The van der Waals surface area contributed by atoms with Gasteiger partial charge in [-0.25, -0.2) is 10.2 Å². The Morgan fingerprint density at radius 1 is 1.41 bits per heavy atom. The highest BCUT2D eigenvalue weighted by molar-refractivity contribution is 6.03. The third kappa shape index (κ3) is 2.30. The lowest BCUT2D eigenvalue weighted by atomic mass is 9.72. The van der Waals surface area contributed by atoms with Crippen LogP contribution in [0.5, 0.6) is 0 Å². The van der Waals surface area contributed by atoms with E-state index >= 15 is 0 Å². The van der Waals surface area contributed by atoms with Crippen molar-refractivity contribution in [2.45, 2.75) is 32.1 Å². The Bertz CT molecular complexity index is 477. The number of fused-ring (bicyclic) bond motifs is 1. The average Bonchev–Trinajstić information content (AvgIpc) is 2.28. The normalized spacial score (nSPS) is 19.8. The predicted octanol–water partition coefficient (Wildman–Crippen LogP) is 2.13. The first kappa shape index (κ1) is 11.6. The molecule has 0 aliphatic heterocycles. The number of nitrogens with zero attached hydrogens (tertiary/aromatic N) is 1. The van der Waals surface area contributed by atoms with Crippen molar-refractivity contribution in [2.75, 3.05) is 0 Å². The van der Waals surface area contributed by atoms with Crippen LogP contribution in [-0.2, 0) is 5.41 Å². The van der Waals surface area contributed by atoms with Crippen LogP contribution in [0.1, 0.15) is 37.8 Å². The molecule has 0 aromatic heterocycles. The fourth-order valence-electron chi connectivity index (χ4n) is 2.26. The SMILES string of the molecule is CC1(C)CCC(=NNC(N)=O)c2ccccc21. The van der Waals surface area contributed by atoms with E-state index in [0.717, 1.165) is 24.1 Å². The molecule has 0 fully saturated rings. The van der Waals surface area contributed by atoms with Gasteiger partial charge in [0.05, 0.1) is 5.71 Å². The Hall–Kier alpha value is -1.84. The molecule has 0 saturated heterocycles. The fourth-order valence-corrected chi connectivity index (χ4v) is 2.26. The summed E-state index contributed by atoms with van der Waals surface area (Å²) in [5.74, 6) is 0. The van der Waals surface area contributed by atoms with Gasteiger partial charge < -0.3 is 5.73 Å². The zero-order valence-electron chi connectivity index (χ0n) is 10.2. The van der Waals surface area contributed by atoms with Gasteiger partial charge in [-0.3, -0.25) is 0 Å². The van der Waals surface area contributed by atoms with E-state index in [1.165, 1.54) is 5.56 Å². The smallest absolute Gasteiger partial charge is 0.332 e. The highest BCUT2D eigenvalue weighted by Gasteiger charge is 2.30. The molecule has 90 valence electrons. The van der Waals surface area contributed by atoms with Crippen molar-refractivity contribution in [1.29, 1.82) is 0 Å². The number of carbonyl (C=O) groups is 1. The van der Waals surface area contributed by atoms with Gasteiger partial charge >= 0.3 is 6.03 Å². The third-order valence-electron chi connectivity index (χ3n) is 3.25. The second-order valence-corrected chi connectivity index (χ2v) is 4.96. The molecular formula is C13H17N3O. The maximum Gasteiger partial charge on any atom is 0.332 e. The standard InChI is InChI=1S/C13H17N3O/c1-13(2)8-7-11(15-16-12(14)17)9-5-3-4-6-10(9)13/h3-6H,7-8H2,1-2H3,(H3,14,16,17). The maximum absolute atomic E-state index is 10.7. The third-order valence-corrected chi connectivity index (χ3v) is 3.25. The van der Waals surface area contributed by atoms with E-state index in [9.17, 15) is 4.79 Å². The maximum atomic E-state index is 10.7. The Morgan fingerprint density at radius 2 is 2.12 bits per heavy atom. The van der Waals surface area contributed by atoms with Crippen LogP contribution in [0.15, 0.2) is 29.4 Å². The Balaban J connectivity index is 2.41. The minimum absolute atomic E-state index is 0.155. The molecule has 3 N–H and O–H groups in total. The molecule has 2 rings (SSSR count). The highest BCUT2D eigenvalue weighted by atomic mass is 16.2. The number of urea groups is 1. The first-order valence-electron chi connectivity index (χ1n) is 5.72. The molecule has 4 nitrogen and oxygen atoms in total. The number of hydrogen-bond acceptors (Lipinski definition) is 2. The quantitative estimate of drug-likeness (QED) is 0.714. The Morgan fingerprint density at radius 3 is 2.82 bits per heavy atom. The van der Waals surface area contributed by atoms with E-state index in [4.69, 9.17) is 5.73 Å². The van der Waals surface area contributed by atoms with E-state index in [1.807, 2.05) is 18.2 Å². The summed E-state index contributed by atoms with van der Waals surface area (Å²) in [7, 11) is 0. The van der Waals surface area contributed by atoms with Gasteiger partial charge in [-0.15, -0.1) is 0 Å². The molecular weight excluding hydrogens is 214 g/mol.